The van der Waals surface area contributed by atoms with Crippen molar-refractivity contribution in [2.75, 3.05) is 13.4 Å². The summed E-state index contributed by atoms with van der Waals surface area (Å²) in [5.74, 6) is -2.83. The average molecular weight is 332 g/mol. The zero-order valence-corrected chi connectivity index (χ0v) is 11.8. The van der Waals surface area contributed by atoms with Gasteiger partial charge >= 0.3 is 12.1 Å². The average Bonchev–Trinajstić information content (AvgIpc) is 2.94. The Kier molecular flexibility index (Phi) is 4.72. The first-order chi connectivity index (χ1) is 10.8. The highest BCUT2D eigenvalue weighted by molar-refractivity contribution is 5.88. The summed E-state index contributed by atoms with van der Waals surface area (Å²) in [6.07, 6.45) is -5.16. The highest BCUT2D eigenvalue weighted by Crippen LogP contribution is 2.35. The van der Waals surface area contributed by atoms with Crippen molar-refractivity contribution in [1.82, 2.24) is 0 Å². The van der Waals surface area contributed by atoms with Gasteiger partial charge in [-0.25, -0.2) is 4.79 Å². The second-order valence-electron chi connectivity index (χ2n) is 4.15. The Morgan fingerprint density at radius 1 is 1.35 bits per heavy atom. The molecule has 0 bridgehead atoms. The molecule has 0 aromatic heterocycles. The Balaban J connectivity index is 2.32. The maximum absolute atomic E-state index is 12.6. The number of rotatable bonds is 4. The van der Waals surface area contributed by atoms with E-state index in [1.807, 2.05) is 0 Å². The minimum absolute atomic E-state index is 0.0127. The fraction of sp³-hybridized carbons (Fsp3) is 0.308. The van der Waals surface area contributed by atoms with Gasteiger partial charge in [0.1, 0.15) is 0 Å². The molecule has 1 aromatic rings. The van der Waals surface area contributed by atoms with Crippen LogP contribution in [0.3, 0.4) is 0 Å². The molecule has 1 aliphatic rings. The molecule has 0 saturated carbocycles. The molecule has 0 atom stereocenters. The summed E-state index contributed by atoms with van der Waals surface area (Å²) < 4.78 is 52.2. The molecule has 0 spiro atoms. The molecule has 10 heteroatoms. The van der Waals surface area contributed by atoms with E-state index in [0.717, 1.165) is 0 Å². The monoisotopic (exact) mass is 332 g/mol. The number of esters is 1. The summed E-state index contributed by atoms with van der Waals surface area (Å²) in [4.78, 5) is 11.5. The number of carbonyl (C=O) groups is 1. The molecule has 1 aromatic carbocycles. The van der Waals surface area contributed by atoms with E-state index in [-0.39, 0.29) is 19.1 Å². The SMILES string of the molecule is CCOC(=O)/C(N=Nc1ccc2c(c1)OCO2)=C(\O)C(F)(F)F. The van der Waals surface area contributed by atoms with Crippen molar-refractivity contribution < 1.29 is 37.3 Å². The third kappa shape index (κ3) is 3.90. The fourth-order valence-corrected chi connectivity index (χ4v) is 1.57. The smallest absolute Gasteiger partial charge is 0.451 e. The second-order valence-corrected chi connectivity index (χ2v) is 4.15. The van der Waals surface area contributed by atoms with E-state index in [4.69, 9.17) is 14.6 Å². The van der Waals surface area contributed by atoms with Crippen LogP contribution in [-0.2, 0) is 9.53 Å². The van der Waals surface area contributed by atoms with Gasteiger partial charge in [-0.15, -0.1) is 5.11 Å². The third-order valence-corrected chi connectivity index (χ3v) is 2.58. The highest BCUT2D eigenvalue weighted by Gasteiger charge is 2.39. The number of halogens is 3. The minimum atomic E-state index is -5.16. The van der Waals surface area contributed by atoms with Crippen LogP contribution >= 0.6 is 0 Å². The van der Waals surface area contributed by atoms with Crippen LogP contribution in [0.2, 0.25) is 0 Å². The zero-order valence-electron chi connectivity index (χ0n) is 11.8. The van der Waals surface area contributed by atoms with E-state index in [1.165, 1.54) is 25.1 Å². The Hall–Kier alpha value is -2.78. The van der Waals surface area contributed by atoms with Crippen molar-refractivity contribution >= 4 is 11.7 Å². The fourth-order valence-electron chi connectivity index (χ4n) is 1.57. The minimum Gasteiger partial charge on any atom is -0.502 e. The van der Waals surface area contributed by atoms with Crippen LogP contribution < -0.4 is 9.47 Å². The predicted octanol–water partition coefficient (Wildman–Crippen LogP) is 3.39. The van der Waals surface area contributed by atoms with Crippen molar-refractivity contribution in [3.05, 3.63) is 29.7 Å². The number of hydrogen-bond donors (Lipinski definition) is 1. The molecule has 7 nitrogen and oxygen atoms in total. The van der Waals surface area contributed by atoms with Gasteiger partial charge in [-0.3, -0.25) is 0 Å². The van der Waals surface area contributed by atoms with Crippen molar-refractivity contribution in [3.8, 4) is 11.5 Å². The lowest BCUT2D eigenvalue weighted by molar-refractivity contribution is -0.143. The first-order valence-electron chi connectivity index (χ1n) is 6.32. The number of hydrogen-bond acceptors (Lipinski definition) is 7. The maximum atomic E-state index is 12.6. The van der Waals surface area contributed by atoms with Crippen LogP contribution in [0.15, 0.2) is 39.9 Å². The Bertz CT molecular complexity index is 670. The van der Waals surface area contributed by atoms with E-state index in [2.05, 4.69) is 15.0 Å². The molecule has 124 valence electrons. The molecule has 0 amide bonds. The standard InChI is InChI=1S/C13H11F3N2O5/c1-2-21-12(20)10(11(19)13(14,15)16)18-17-7-3-4-8-9(5-7)23-6-22-8/h3-5,19H,2,6H2,1H3/b11-10+,18-17?. The van der Waals surface area contributed by atoms with Gasteiger partial charge in [0.2, 0.25) is 18.2 Å². The molecule has 1 heterocycles. The number of azo groups is 1. The van der Waals surface area contributed by atoms with Crippen molar-refractivity contribution in [2.24, 2.45) is 10.2 Å². The number of aliphatic hydroxyl groups is 1. The summed E-state index contributed by atoms with van der Waals surface area (Å²) >= 11 is 0. The van der Waals surface area contributed by atoms with Gasteiger partial charge in [0, 0.05) is 6.07 Å². The van der Waals surface area contributed by atoms with Gasteiger partial charge in [-0.05, 0) is 19.1 Å². The van der Waals surface area contributed by atoms with E-state index >= 15 is 0 Å². The lowest BCUT2D eigenvalue weighted by atomic mass is 10.3. The lowest BCUT2D eigenvalue weighted by Crippen LogP contribution is -2.18. The lowest BCUT2D eigenvalue weighted by Gasteiger charge is -2.08. The van der Waals surface area contributed by atoms with Crippen LogP contribution in [0.4, 0.5) is 18.9 Å². The van der Waals surface area contributed by atoms with Gasteiger partial charge in [0.25, 0.3) is 0 Å². The Morgan fingerprint density at radius 2 is 2.04 bits per heavy atom. The summed E-state index contributed by atoms with van der Waals surface area (Å²) in [5.41, 5.74) is -1.23. The molecule has 0 aliphatic carbocycles. The number of alkyl halides is 3. The van der Waals surface area contributed by atoms with Gasteiger partial charge in [-0.2, -0.15) is 18.3 Å². The van der Waals surface area contributed by atoms with Crippen LogP contribution in [0.5, 0.6) is 11.5 Å². The molecular weight excluding hydrogens is 321 g/mol. The molecule has 23 heavy (non-hydrogen) atoms. The van der Waals surface area contributed by atoms with Gasteiger partial charge in [-0.1, -0.05) is 0 Å². The molecule has 0 radical (unpaired) electrons. The molecular formula is C13H11F3N2O5. The third-order valence-electron chi connectivity index (χ3n) is 2.58. The molecule has 0 saturated heterocycles. The number of ether oxygens (including phenoxy) is 3. The Morgan fingerprint density at radius 3 is 2.70 bits per heavy atom. The maximum Gasteiger partial charge on any atom is 0.451 e. The van der Waals surface area contributed by atoms with E-state index in [0.29, 0.717) is 11.5 Å². The van der Waals surface area contributed by atoms with Gasteiger partial charge in [0.05, 0.1) is 12.3 Å². The van der Waals surface area contributed by atoms with Crippen LogP contribution in [0, 0.1) is 0 Å². The highest BCUT2D eigenvalue weighted by atomic mass is 19.4. The summed E-state index contributed by atoms with van der Waals surface area (Å²) in [5, 5.41) is 15.8. The number of allylic oxidation sites excluding steroid dienone is 1. The summed E-state index contributed by atoms with van der Waals surface area (Å²) in [6, 6.07) is 4.23. The van der Waals surface area contributed by atoms with Gasteiger partial charge in [0.15, 0.2) is 11.5 Å². The number of aliphatic hydroxyl groups excluding tert-OH is 1. The molecule has 1 aliphatic heterocycles. The quantitative estimate of drug-likeness (QED) is 0.395. The van der Waals surface area contributed by atoms with Crippen molar-refractivity contribution in [2.45, 2.75) is 13.1 Å². The molecule has 1 N–H and O–H groups in total. The van der Waals surface area contributed by atoms with E-state index in [1.54, 1.807) is 0 Å². The first-order valence-corrected chi connectivity index (χ1v) is 6.32. The normalized spacial score (nSPS) is 14.8. The number of benzene rings is 1. The van der Waals surface area contributed by atoms with Crippen LogP contribution in [0.25, 0.3) is 0 Å². The first kappa shape index (κ1) is 16.6. The largest absolute Gasteiger partial charge is 0.502 e. The zero-order chi connectivity index (χ0) is 17.0. The molecule has 2 rings (SSSR count). The van der Waals surface area contributed by atoms with Crippen molar-refractivity contribution in [1.29, 1.82) is 0 Å². The van der Waals surface area contributed by atoms with Gasteiger partial charge < -0.3 is 19.3 Å². The van der Waals surface area contributed by atoms with Crippen LogP contribution in [0.1, 0.15) is 6.92 Å². The van der Waals surface area contributed by atoms with E-state index < -0.39 is 23.6 Å². The predicted molar refractivity (Wildman–Crippen MR) is 69.4 cm³/mol. The number of carbonyl (C=O) groups excluding carboxylic acids is 1. The molecule has 0 fully saturated rings. The number of fused-ring (bicyclic) bond motifs is 1. The summed E-state index contributed by atoms with van der Waals surface area (Å²) in [7, 11) is 0. The summed E-state index contributed by atoms with van der Waals surface area (Å²) in [6.45, 7) is 1.22. The Labute approximate surface area is 128 Å². The number of nitrogens with zero attached hydrogens (tertiary/aromatic N) is 2. The molecule has 0 unspecified atom stereocenters. The topological polar surface area (TPSA) is 89.7 Å². The van der Waals surface area contributed by atoms with Crippen LogP contribution in [-0.4, -0.2) is 30.7 Å². The van der Waals surface area contributed by atoms with Crippen molar-refractivity contribution in [3.63, 3.8) is 0 Å². The second kappa shape index (κ2) is 6.55. The van der Waals surface area contributed by atoms with E-state index in [9.17, 15) is 18.0 Å².